The van der Waals surface area contributed by atoms with E-state index in [0.717, 1.165) is 22.6 Å². The molecule has 0 spiro atoms. The van der Waals surface area contributed by atoms with Crippen molar-refractivity contribution in [1.82, 2.24) is 0 Å². The first-order valence-electron chi connectivity index (χ1n) is 8.28. The van der Waals surface area contributed by atoms with Gasteiger partial charge in [0, 0.05) is 23.8 Å². The molecule has 4 heteroatoms. The molecule has 1 heterocycles. The summed E-state index contributed by atoms with van der Waals surface area (Å²) in [7, 11) is 1.66. The van der Waals surface area contributed by atoms with Gasteiger partial charge in [-0.25, -0.2) is 4.79 Å². The average molecular weight is 346 g/mol. The highest BCUT2D eigenvalue weighted by Gasteiger charge is 2.09. The molecule has 4 nitrogen and oxygen atoms in total. The Morgan fingerprint density at radius 2 is 1.85 bits per heavy atom. The second-order valence-electron chi connectivity index (χ2n) is 5.87. The van der Waals surface area contributed by atoms with Gasteiger partial charge in [0.15, 0.2) is 12.7 Å². The first kappa shape index (κ1) is 17.4. The predicted molar refractivity (Wildman–Crippen MR) is 101 cm³/mol. The molecule has 0 fully saturated rings. The lowest BCUT2D eigenvalue weighted by atomic mass is 10.1. The molecule has 0 saturated heterocycles. The third kappa shape index (κ3) is 4.36. The molecular formula is C22H20NO3+. The van der Waals surface area contributed by atoms with Crippen LogP contribution in [0, 0.1) is 0 Å². The summed E-state index contributed by atoms with van der Waals surface area (Å²) in [4.78, 5) is 11.0. The lowest BCUT2D eigenvalue weighted by molar-refractivity contribution is -0.690. The number of carboxylic acids is 1. The van der Waals surface area contributed by atoms with Crippen molar-refractivity contribution in [2.75, 3.05) is 7.11 Å². The topological polar surface area (TPSA) is 50.4 Å². The van der Waals surface area contributed by atoms with Crippen LogP contribution in [0.4, 0.5) is 0 Å². The van der Waals surface area contributed by atoms with Crippen LogP contribution in [0.5, 0.6) is 5.75 Å². The second kappa shape index (κ2) is 8.12. The molecule has 1 aromatic heterocycles. The van der Waals surface area contributed by atoms with Gasteiger partial charge in [0.25, 0.3) is 0 Å². The maximum absolute atomic E-state index is 11.0. The van der Waals surface area contributed by atoms with Crippen molar-refractivity contribution in [3.05, 3.63) is 95.3 Å². The van der Waals surface area contributed by atoms with E-state index < -0.39 is 5.97 Å². The Morgan fingerprint density at radius 1 is 1.04 bits per heavy atom. The van der Waals surface area contributed by atoms with Crippen molar-refractivity contribution in [2.45, 2.75) is 6.54 Å². The minimum Gasteiger partial charge on any atom is -0.497 e. The number of ether oxygens (including phenoxy) is 1. The maximum Gasteiger partial charge on any atom is 0.335 e. The molecule has 1 N–H and O–H groups in total. The van der Waals surface area contributed by atoms with Gasteiger partial charge in [0.1, 0.15) is 5.75 Å². The van der Waals surface area contributed by atoms with Crippen molar-refractivity contribution >= 4 is 18.1 Å². The average Bonchev–Trinajstić information content (AvgIpc) is 2.68. The Morgan fingerprint density at radius 3 is 2.58 bits per heavy atom. The summed E-state index contributed by atoms with van der Waals surface area (Å²) >= 11 is 0. The standard InChI is InChI=1S/C22H19NO3/c1-26-21-7-4-5-17(15-21)10-13-20-6-2-3-14-23(20)16-18-8-11-19(12-9-18)22(24)25/h2-15H,16H2,1H3/p+1/b13-10+. The largest absolute Gasteiger partial charge is 0.497 e. The van der Waals surface area contributed by atoms with Crippen LogP contribution in [0.3, 0.4) is 0 Å². The number of aromatic carboxylic acids is 1. The van der Waals surface area contributed by atoms with Crippen LogP contribution in [0.2, 0.25) is 0 Å². The highest BCUT2D eigenvalue weighted by atomic mass is 16.5. The van der Waals surface area contributed by atoms with Gasteiger partial charge < -0.3 is 9.84 Å². The van der Waals surface area contributed by atoms with E-state index in [0.29, 0.717) is 12.1 Å². The van der Waals surface area contributed by atoms with E-state index in [2.05, 4.69) is 10.6 Å². The van der Waals surface area contributed by atoms with Crippen LogP contribution < -0.4 is 9.30 Å². The third-order valence-electron chi connectivity index (χ3n) is 4.07. The number of aromatic nitrogens is 1. The number of benzene rings is 2. The van der Waals surface area contributed by atoms with Gasteiger partial charge in [-0.2, -0.15) is 4.57 Å². The number of rotatable bonds is 6. The van der Waals surface area contributed by atoms with E-state index in [1.165, 1.54) is 0 Å². The van der Waals surface area contributed by atoms with Gasteiger partial charge in [0.2, 0.25) is 5.69 Å². The minimum atomic E-state index is -0.911. The summed E-state index contributed by atoms with van der Waals surface area (Å²) in [6, 6.07) is 20.9. The van der Waals surface area contributed by atoms with Crippen LogP contribution in [-0.4, -0.2) is 18.2 Å². The van der Waals surface area contributed by atoms with Gasteiger partial charge in [-0.15, -0.1) is 0 Å². The first-order valence-corrected chi connectivity index (χ1v) is 8.28. The van der Waals surface area contributed by atoms with Crippen molar-refractivity contribution in [3.8, 4) is 5.75 Å². The molecule has 0 aliphatic rings. The first-order chi connectivity index (χ1) is 12.7. The van der Waals surface area contributed by atoms with Crippen molar-refractivity contribution < 1.29 is 19.2 Å². The zero-order chi connectivity index (χ0) is 18.4. The molecule has 0 bridgehead atoms. The van der Waals surface area contributed by atoms with Gasteiger partial charge in [-0.05, 0) is 42.0 Å². The maximum atomic E-state index is 11.0. The number of nitrogens with zero attached hydrogens (tertiary/aromatic N) is 1. The molecule has 0 aliphatic heterocycles. The highest BCUT2D eigenvalue weighted by Crippen LogP contribution is 2.14. The van der Waals surface area contributed by atoms with Crippen LogP contribution in [0.1, 0.15) is 27.2 Å². The number of carboxylic acid groups (broad SMARTS) is 1. The second-order valence-corrected chi connectivity index (χ2v) is 5.87. The van der Waals surface area contributed by atoms with Crippen molar-refractivity contribution in [2.24, 2.45) is 0 Å². The summed E-state index contributed by atoms with van der Waals surface area (Å²) in [6.07, 6.45) is 6.11. The lowest BCUT2D eigenvalue weighted by Crippen LogP contribution is -2.36. The monoisotopic (exact) mass is 346 g/mol. The Labute approximate surface area is 152 Å². The summed E-state index contributed by atoms with van der Waals surface area (Å²) < 4.78 is 7.37. The minimum absolute atomic E-state index is 0.296. The molecule has 0 radical (unpaired) electrons. The molecule has 130 valence electrons. The van der Waals surface area contributed by atoms with Crippen LogP contribution >= 0.6 is 0 Å². The van der Waals surface area contributed by atoms with E-state index in [4.69, 9.17) is 9.84 Å². The molecule has 0 saturated carbocycles. The lowest BCUT2D eigenvalue weighted by Gasteiger charge is -2.03. The number of hydrogen-bond donors (Lipinski definition) is 1. The Kier molecular flexibility index (Phi) is 5.44. The van der Waals surface area contributed by atoms with E-state index in [9.17, 15) is 4.79 Å². The van der Waals surface area contributed by atoms with E-state index in [1.807, 2.05) is 66.9 Å². The van der Waals surface area contributed by atoms with Gasteiger partial charge in [-0.3, -0.25) is 0 Å². The molecule has 3 rings (SSSR count). The molecule has 2 aromatic carbocycles. The number of hydrogen-bond acceptors (Lipinski definition) is 2. The molecule has 3 aromatic rings. The van der Waals surface area contributed by atoms with Gasteiger partial charge in [0.05, 0.1) is 12.7 Å². The van der Waals surface area contributed by atoms with E-state index in [-0.39, 0.29) is 0 Å². The summed E-state index contributed by atoms with van der Waals surface area (Å²) in [6.45, 7) is 0.665. The van der Waals surface area contributed by atoms with Crippen LogP contribution in [0.25, 0.3) is 12.2 Å². The smallest absolute Gasteiger partial charge is 0.335 e. The van der Waals surface area contributed by atoms with E-state index >= 15 is 0 Å². The predicted octanol–water partition coefficient (Wildman–Crippen LogP) is 3.90. The number of carbonyl (C=O) groups is 1. The van der Waals surface area contributed by atoms with Gasteiger partial charge >= 0.3 is 5.97 Å². The number of pyridine rings is 1. The zero-order valence-corrected chi connectivity index (χ0v) is 14.5. The Hall–Kier alpha value is -3.40. The highest BCUT2D eigenvalue weighted by molar-refractivity contribution is 5.87. The SMILES string of the molecule is COc1cccc(/C=C/c2cccc[n+]2Cc2ccc(C(=O)O)cc2)c1. The fourth-order valence-corrected chi connectivity index (χ4v) is 2.66. The molecule has 0 atom stereocenters. The van der Waals surface area contributed by atoms with E-state index in [1.54, 1.807) is 19.2 Å². The molecule has 26 heavy (non-hydrogen) atoms. The van der Waals surface area contributed by atoms with Gasteiger partial charge in [-0.1, -0.05) is 24.3 Å². The third-order valence-corrected chi connectivity index (χ3v) is 4.07. The molecule has 0 amide bonds. The summed E-state index contributed by atoms with van der Waals surface area (Å²) in [5.74, 6) is -0.0857. The summed E-state index contributed by atoms with van der Waals surface area (Å²) in [5.41, 5.74) is 3.45. The Balaban J connectivity index is 1.81. The van der Waals surface area contributed by atoms with Crippen molar-refractivity contribution in [1.29, 1.82) is 0 Å². The van der Waals surface area contributed by atoms with Crippen molar-refractivity contribution in [3.63, 3.8) is 0 Å². The van der Waals surface area contributed by atoms with Crippen LogP contribution in [-0.2, 0) is 6.54 Å². The van der Waals surface area contributed by atoms with Crippen LogP contribution in [0.15, 0.2) is 72.9 Å². The quantitative estimate of drug-likeness (QED) is 0.689. The molecule has 0 aliphatic carbocycles. The molecular weight excluding hydrogens is 326 g/mol. The normalized spacial score (nSPS) is 10.8. The zero-order valence-electron chi connectivity index (χ0n) is 14.5. The number of methoxy groups -OCH3 is 1. The fraction of sp³-hybridized carbons (Fsp3) is 0.0909. The fourth-order valence-electron chi connectivity index (χ4n) is 2.66. The molecule has 0 unspecified atom stereocenters. The summed E-state index contributed by atoms with van der Waals surface area (Å²) in [5, 5.41) is 9.00. The Bertz CT molecular complexity index is 930.